The monoisotopic (exact) mass is 359 g/mol. The number of aromatic amines is 1. The van der Waals surface area contributed by atoms with Gasteiger partial charge in [0.25, 0.3) is 11.2 Å². The molecule has 3 aromatic rings. The summed E-state index contributed by atoms with van der Waals surface area (Å²) in [5, 5.41) is 21.4. The molecule has 2 N–H and O–H groups in total. The predicted octanol–water partition coefficient (Wildman–Crippen LogP) is 2.40. The second-order valence-corrected chi connectivity index (χ2v) is 5.63. The highest BCUT2D eigenvalue weighted by Gasteiger charge is 2.24. The van der Waals surface area contributed by atoms with Gasteiger partial charge >= 0.3 is 0 Å². The smallest absolute Gasteiger partial charge is 0.278 e. The lowest BCUT2D eigenvalue weighted by atomic mass is 10.0. The van der Waals surface area contributed by atoms with E-state index in [1.807, 2.05) is 0 Å². The van der Waals surface area contributed by atoms with E-state index in [-0.39, 0.29) is 22.3 Å². The fourth-order valence-electron chi connectivity index (χ4n) is 2.28. The van der Waals surface area contributed by atoms with Crippen molar-refractivity contribution in [1.82, 2.24) is 9.97 Å². The summed E-state index contributed by atoms with van der Waals surface area (Å²) >= 11 is 5.76. The number of Topliss-reactive ketones (excluding diaryl/α,β-unsaturated/α-hetero) is 1. The number of H-pyrrole nitrogens is 1. The van der Waals surface area contributed by atoms with Crippen LogP contribution in [0.2, 0.25) is 5.02 Å². The third-order valence-electron chi connectivity index (χ3n) is 3.55. The summed E-state index contributed by atoms with van der Waals surface area (Å²) in [5.41, 5.74) is -0.965. The third kappa shape index (κ3) is 3.25. The molecule has 0 radical (unpaired) electrons. The number of hydrogen-bond acceptors (Lipinski definition) is 6. The molecule has 0 saturated heterocycles. The number of benzene rings is 2. The van der Waals surface area contributed by atoms with Gasteiger partial charge in [-0.15, -0.1) is 0 Å². The number of ketones is 1. The van der Waals surface area contributed by atoms with Crippen LogP contribution in [-0.2, 0) is 0 Å². The molecule has 1 aromatic heterocycles. The van der Waals surface area contributed by atoms with Gasteiger partial charge < -0.3 is 10.1 Å². The summed E-state index contributed by atoms with van der Waals surface area (Å²) < 4.78 is 0. The average molecular weight is 360 g/mol. The average Bonchev–Trinajstić information content (AvgIpc) is 2.60. The molecule has 0 aliphatic rings. The number of aromatic nitrogens is 2. The maximum Gasteiger partial charge on any atom is 0.278 e. The molecule has 25 heavy (non-hydrogen) atoms. The minimum absolute atomic E-state index is 0.122. The van der Waals surface area contributed by atoms with Gasteiger partial charge in [0.2, 0.25) is 5.78 Å². The van der Waals surface area contributed by atoms with Crippen molar-refractivity contribution in [3.8, 4) is 0 Å². The van der Waals surface area contributed by atoms with Crippen molar-refractivity contribution < 1.29 is 14.8 Å². The molecule has 0 aliphatic heterocycles. The van der Waals surface area contributed by atoms with Crippen molar-refractivity contribution in [2.75, 3.05) is 0 Å². The Labute approximate surface area is 144 Å². The summed E-state index contributed by atoms with van der Waals surface area (Å²) in [4.78, 5) is 41.0. The van der Waals surface area contributed by atoms with Crippen molar-refractivity contribution in [3.63, 3.8) is 0 Å². The van der Waals surface area contributed by atoms with Crippen molar-refractivity contribution in [3.05, 3.63) is 79.2 Å². The topological polar surface area (TPSA) is 126 Å². The van der Waals surface area contributed by atoms with Gasteiger partial charge in [0.1, 0.15) is 6.10 Å². The zero-order valence-electron chi connectivity index (χ0n) is 12.5. The van der Waals surface area contributed by atoms with Crippen molar-refractivity contribution in [1.29, 1.82) is 0 Å². The van der Waals surface area contributed by atoms with Gasteiger partial charge in [-0.1, -0.05) is 23.7 Å². The van der Waals surface area contributed by atoms with Gasteiger partial charge in [-0.05, 0) is 23.8 Å². The molecule has 9 heteroatoms. The molecule has 0 bridgehead atoms. The van der Waals surface area contributed by atoms with E-state index in [1.54, 1.807) is 0 Å². The van der Waals surface area contributed by atoms with Crippen LogP contribution in [-0.4, -0.2) is 25.8 Å². The van der Waals surface area contributed by atoms with E-state index >= 15 is 0 Å². The van der Waals surface area contributed by atoms with E-state index in [0.717, 1.165) is 6.07 Å². The Morgan fingerprint density at radius 1 is 1.24 bits per heavy atom. The van der Waals surface area contributed by atoms with Gasteiger partial charge in [-0.25, -0.2) is 4.98 Å². The number of carbonyl (C=O) groups is 1. The Bertz CT molecular complexity index is 1050. The summed E-state index contributed by atoms with van der Waals surface area (Å²) in [6.07, 6.45) is -1.58. The van der Waals surface area contributed by atoms with Crippen LogP contribution in [0.1, 0.15) is 22.2 Å². The van der Waals surface area contributed by atoms with E-state index < -0.39 is 28.1 Å². The van der Waals surface area contributed by atoms with Crippen molar-refractivity contribution in [2.45, 2.75) is 6.10 Å². The number of aliphatic hydroxyl groups excluding tert-OH is 1. The molecular weight excluding hydrogens is 350 g/mol. The molecule has 0 amide bonds. The van der Waals surface area contributed by atoms with Crippen LogP contribution in [0.4, 0.5) is 5.69 Å². The van der Waals surface area contributed by atoms with E-state index in [2.05, 4.69) is 9.97 Å². The Kier molecular flexibility index (Phi) is 4.30. The molecule has 0 saturated carbocycles. The first-order valence-electron chi connectivity index (χ1n) is 7.03. The maximum absolute atomic E-state index is 12.4. The number of non-ortho nitro benzene ring substituents is 1. The molecule has 1 unspecified atom stereocenters. The highest BCUT2D eigenvalue weighted by atomic mass is 35.5. The second-order valence-electron chi connectivity index (χ2n) is 5.19. The number of halogens is 1. The number of hydrogen-bond donors (Lipinski definition) is 2. The largest absolute Gasteiger partial charge is 0.380 e. The van der Waals surface area contributed by atoms with Gasteiger partial charge in [-0.2, -0.15) is 0 Å². The van der Waals surface area contributed by atoms with Crippen LogP contribution < -0.4 is 5.56 Å². The number of aliphatic hydroxyl groups is 1. The van der Waals surface area contributed by atoms with Crippen LogP contribution in [0, 0.1) is 10.1 Å². The second kappa shape index (κ2) is 6.42. The lowest BCUT2D eigenvalue weighted by molar-refractivity contribution is -0.384. The number of carbonyl (C=O) groups excluding carboxylic acids is 1. The maximum atomic E-state index is 12.4. The molecule has 0 fully saturated rings. The molecule has 0 spiro atoms. The van der Waals surface area contributed by atoms with Crippen LogP contribution in [0.5, 0.6) is 0 Å². The first kappa shape index (κ1) is 16.7. The normalized spacial score (nSPS) is 12.1. The number of fused-ring (bicyclic) bond motifs is 1. The van der Waals surface area contributed by atoms with Crippen molar-refractivity contribution >= 4 is 34.1 Å². The fourth-order valence-corrected chi connectivity index (χ4v) is 2.41. The molecule has 0 aliphatic carbocycles. The van der Waals surface area contributed by atoms with Gasteiger partial charge in [0.05, 0.1) is 16.0 Å². The number of nitrogens with zero attached hydrogens (tertiary/aromatic N) is 2. The molecule has 8 nitrogen and oxygen atoms in total. The molecule has 126 valence electrons. The van der Waals surface area contributed by atoms with Crippen LogP contribution in [0.3, 0.4) is 0 Å². The van der Waals surface area contributed by atoms with Crippen LogP contribution in [0.15, 0.2) is 47.3 Å². The van der Waals surface area contributed by atoms with Gasteiger partial charge in [0, 0.05) is 17.2 Å². The van der Waals surface area contributed by atoms with Gasteiger partial charge in [-0.3, -0.25) is 19.7 Å². The van der Waals surface area contributed by atoms with E-state index in [1.165, 1.54) is 36.4 Å². The predicted molar refractivity (Wildman–Crippen MR) is 89.8 cm³/mol. The fraction of sp³-hybridized carbons (Fsp3) is 0.0625. The summed E-state index contributed by atoms with van der Waals surface area (Å²) in [6, 6.07) is 9.60. The minimum Gasteiger partial charge on any atom is -0.380 e. The highest BCUT2D eigenvalue weighted by Crippen LogP contribution is 2.21. The third-order valence-corrected chi connectivity index (χ3v) is 3.81. The summed E-state index contributed by atoms with van der Waals surface area (Å²) in [5.74, 6) is -0.885. The van der Waals surface area contributed by atoms with Crippen molar-refractivity contribution in [2.24, 2.45) is 0 Å². The number of nitro benzene ring substituents is 1. The molecule has 1 heterocycles. The first-order chi connectivity index (χ1) is 11.9. The van der Waals surface area contributed by atoms with Crippen LogP contribution >= 0.6 is 11.6 Å². The Morgan fingerprint density at radius 3 is 2.56 bits per heavy atom. The lowest BCUT2D eigenvalue weighted by Gasteiger charge is -2.09. The molecule has 1 atom stereocenters. The lowest BCUT2D eigenvalue weighted by Crippen LogP contribution is -2.24. The van der Waals surface area contributed by atoms with E-state index in [9.17, 15) is 24.8 Å². The number of nitro groups is 1. The summed E-state index contributed by atoms with van der Waals surface area (Å²) in [6.45, 7) is 0. The standard InChI is InChI=1S/C16H10ClN3O5/c17-9-3-1-8(2-4-9)14(21)15(22)13-16(23)19-12-7-10(20(24)25)5-6-11(12)18-13/h1-7,14,21H,(H,19,23). The zero-order valence-corrected chi connectivity index (χ0v) is 13.2. The van der Waals surface area contributed by atoms with Gasteiger partial charge in [0.15, 0.2) is 5.69 Å². The SMILES string of the molecule is O=C(c1nc2ccc([N+](=O)[O-])cc2[nH]c1=O)C(O)c1ccc(Cl)cc1. The van der Waals surface area contributed by atoms with E-state index in [4.69, 9.17) is 11.6 Å². The molecular formula is C16H10ClN3O5. The van der Waals surface area contributed by atoms with Crippen LogP contribution in [0.25, 0.3) is 11.0 Å². The Hall–Kier alpha value is -3.10. The Balaban J connectivity index is 2.02. The highest BCUT2D eigenvalue weighted by molar-refractivity contribution is 6.30. The minimum atomic E-state index is -1.58. The quantitative estimate of drug-likeness (QED) is 0.418. The molecule has 2 aromatic carbocycles. The van der Waals surface area contributed by atoms with E-state index in [0.29, 0.717) is 5.02 Å². The number of nitrogens with one attached hydrogen (secondary N) is 1. The number of rotatable bonds is 4. The molecule has 3 rings (SSSR count). The summed E-state index contributed by atoms with van der Waals surface area (Å²) in [7, 11) is 0. The first-order valence-corrected chi connectivity index (χ1v) is 7.41. The Morgan fingerprint density at radius 2 is 1.92 bits per heavy atom. The zero-order chi connectivity index (χ0) is 18.1.